The van der Waals surface area contributed by atoms with E-state index in [4.69, 9.17) is 5.84 Å². The summed E-state index contributed by atoms with van der Waals surface area (Å²) in [4.78, 5) is 12.5. The van der Waals surface area contributed by atoms with Crippen LogP contribution in [-0.2, 0) is 0 Å². The second-order valence-corrected chi connectivity index (χ2v) is 4.92. The summed E-state index contributed by atoms with van der Waals surface area (Å²) < 4.78 is 14.7. The predicted octanol–water partition coefficient (Wildman–Crippen LogP) is 2.49. The molecule has 0 atom stereocenters. The van der Waals surface area contributed by atoms with Crippen LogP contribution in [0, 0.1) is 12.7 Å². The first-order chi connectivity index (χ1) is 9.19. The summed E-state index contributed by atoms with van der Waals surface area (Å²) in [5.41, 5.74) is 4.13. The molecule has 3 aromatic rings. The van der Waals surface area contributed by atoms with Crippen LogP contribution < -0.4 is 11.3 Å². The van der Waals surface area contributed by atoms with Gasteiger partial charge in [-0.2, -0.15) is 0 Å². The summed E-state index contributed by atoms with van der Waals surface area (Å²) in [5.74, 6) is 5.08. The van der Waals surface area contributed by atoms with Gasteiger partial charge in [-0.3, -0.25) is 4.98 Å². The van der Waals surface area contributed by atoms with Crippen molar-refractivity contribution >= 4 is 27.4 Å². The summed E-state index contributed by atoms with van der Waals surface area (Å²) >= 11 is 1.58. The molecule has 0 saturated heterocycles. The molecule has 0 radical (unpaired) electrons. The number of aryl methyl sites for hydroxylation is 1. The highest BCUT2D eigenvalue weighted by Gasteiger charge is 2.12. The molecule has 0 unspecified atom stereocenters. The largest absolute Gasteiger partial charge is 0.306 e. The van der Waals surface area contributed by atoms with Crippen LogP contribution in [0.15, 0.2) is 23.7 Å². The van der Waals surface area contributed by atoms with Crippen molar-refractivity contribution in [3.63, 3.8) is 0 Å². The van der Waals surface area contributed by atoms with E-state index in [1.165, 1.54) is 0 Å². The lowest BCUT2D eigenvalue weighted by molar-refractivity contribution is 0.606. The number of nitrogen functional groups attached to an aromatic ring is 1. The molecule has 0 aromatic carbocycles. The smallest absolute Gasteiger partial charge is 0.187 e. The third kappa shape index (κ3) is 2.02. The topological polar surface area (TPSA) is 76.7 Å². The Morgan fingerprint density at radius 3 is 3.00 bits per heavy atom. The second kappa shape index (κ2) is 4.52. The quantitative estimate of drug-likeness (QED) is 0.555. The number of thiophene rings is 1. The maximum Gasteiger partial charge on any atom is 0.187 e. The van der Waals surface area contributed by atoms with E-state index >= 15 is 0 Å². The van der Waals surface area contributed by atoms with Crippen LogP contribution in [0.25, 0.3) is 21.6 Å². The molecular formula is C12H10FN5S. The number of rotatable bonds is 2. The van der Waals surface area contributed by atoms with Crippen molar-refractivity contribution in [3.8, 4) is 11.4 Å². The number of hydrogen-bond acceptors (Lipinski definition) is 6. The van der Waals surface area contributed by atoms with Crippen LogP contribution >= 0.6 is 11.3 Å². The molecule has 0 amide bonds. The number of hydrogen-bond donors (Lipinski definition) is 2. The van der Waals surface area contributed by atoms with E-state index in [1.807, 2.05) is 17.5 Å². The maximum absolute atomic E-state index is 13.6. The van der Waals surface area contributed by atoms with E-state index in [1.54, 1.807) is 24.5 Å². The number of aromatic nitrogens is 3. The Labute approximate surface area is 112 Å². The van der Waals surface area contributed by atoms with Gasteiger partial charge in [0.2, 0.25) is 0 Å². The van der Waals surface area contributed by atoms with Crippen molar-refractivity contribution in [1.29, 1.82) is 0 Å². The van der Waals surface area contributed by atoms with Crippen LogP contribution in [0.5, 0.6) is 0 Å². The zero-order valence-electron chi connectivity index (χ0n) is 10.0. The Kier molecular flexibility index (Phi) is 2.84. The fraction of sp³-hybridized carbons (Fsp3) is 0.0833. The normalized spacial score (nSPS) is 10.9. The molecule has 19 heavy (non-hydrogen) atoms. The molecular weight excluding hydrogens is 265 g/mol. The minimum absolute atomic E-state index is 0.0197. The number of anilines is 1. The van der Waals surface area contributed by atoms with Crippen molar-refractivity contribution in [2.75, 3.05) is 5.43 Å². The van der Waals surface area contributed by atoms with Crippen LogP contribution in [0.4, 0.5) is 10.2 Å². The minimum atomic E-state index is -0.545. The Hall–Kier alpha value is -2.12. The van der Waals surface area contributed by atoms with Gasteiger partial charge in [-0.15, -0.1) is 11.3 Å². The molecule has 3 heterocycles. The number of nitrogens with two attached hydrogens (primary N) is 1. The van der Waals surface area contributed by atoms with Crippen molar-refractivity contribution in [3.05, 3.63) is 35.2 Å². The van der Waals surface area contributed by atoms with Gasteiger partial charge >= 0.3 is 0 Å². The number of hydrazine groups is 1. The third-order valence-electron chi connectivity index (χ3n) is 2.71. The van der Waals surface area contributed by atoms with Crippen LogP contribution in [0.3, 0.4) is 0 Å². The second-order valence-electron chi connectivity index (χ2n) is 3.97. The first-order valence-corrected chi connectivity index (χ1v) is 6.41. The molecule has 0 bridgehead atoms. The summed E-state index contributed by atoms with van der Waals surface area (Å²) in [6, 6.07) is 3.87. The first-order valence-electron chi connectivity index (χ1n) is 5.53. The lowest BCUT2D eigenvalue weighted by Gasteiger charge is -2.07. The average Bonchev–Trinajstić information content (AvgIpc) is 2.89. The van der Waals surface area contributed by atoms with Crippen molar-refractivity contribution in [2.45, 2.75) is 6.92 Å². The Bertz CT molecular complexity index is 755. The van der Waals surface area contributed by atoms with Crippen molar-refractivity contribution in [1.82, 2.24) is 15.0 Å². The molecule has 96 valence electrons. The highest BCUT2D eigenvalue weighted by atomic mass is 32.1. The van der Waals surface area contributed by atoms with Gasteiger partial charge in [-0.25, -0.2) is 20.2 Å². The molecule has 3 N–H and O–H groups in total. The van der Waals surface area contributed by atoms with Crippen LogP contribution in [0.1, 0.15) is 5.69 Å². The molecule has 5 nitrogen and oxygen atoms in total. The maximum atomic E-state index is 13.6. The monoisotopic (exact) mass is 275 g/mol. The van der Waals surface area contributed by atoms with Crippen molar-refractivity contribution in [2.24, 2.45) is 5.84 Å². The van der Waals surface area contributed by atoms with Crippen molar-refractivity contribution < 1.29 is 4.39 Å². The van der Waals surface area contributed by atoms with Gasteiger partial charge < -0.3 is 5.43 Å². The lowest BCUT2D eigenvalue weighted by Crippen LogP contribution is -2.13. The number of fused-ring (bicyclic) bond motifs is 1. The molecule has 0 spiro atoms. The predicted molar refractivity (Wildman–Crippen MR) is 73.2 cm³/mol. The zero-order valence-corrected chi connectivity index (χ0v) is 10.8. The Morgan fingerprint density at radius 1 is 1.37 bits per heavy atom. The average molecular weight is 275 g/mol. The summed E-state index contributed by atoms with van der Waals surface area (Å²) in [6.45, 7) is 1.57. The fourth-order valence-corrected chi connectivity index (χ4v) is 2.53. The van der Waals surface area contributed by atoms with Gasteiger partial charge in [0, 0.05) is 11.8 Å². The van der Waals surface area contributed by atoms with E-state index in [0.29, 0.717) is 5.82 Å². The SMILES string of the molecule is Cc1nc(-c2cnc3ccsc3c2)nc(NN)c1F. The number of nitrogens with zero attached hydrogens (tertiary/aromatic N) is 3. The molecule has 0 aliphatic rings. The molecule has 3 rings (SSSR count). The van der Waals surface area contributed by atoms with E-state index in [2.05, 4.69) is 20.4 Å². The van der Waals surface area contributed by atoms with Gasteiger partial charge in [-0.05, 0) is 24.4 Å². The number of halogens is 1. The van der Waals surface area contributed by atoms with E-state index in [9.17, 15) is 4.39 Å². The highest BCUT2D eigenvalue weighted by Crippen LogP contribution is 2.25. The molecule has 7 heteroatoms. The third-order valence-corrected chi connectivity index (χ3v) is 3.57. The first kappa shape index (κ1) is 11.9. The summed E-state index contributed by atoms with van der Waals surface area (Å²) in [5, 5.41) is 1.96. The molecule has 0 saturated carbocycles. The van der Waals surface area contributed by atoms with E-state index in [-0.39, 0.29) is 11.5 Å². The zero-order chi connectivity index (χ0) is 13.4. The number of pyridine rings is 1. The van der Waals surface area contributed by atoms with E-state index in [0.717, 1.165) is 15.8 Å². The van der Waals surface area contributed by atoms with Gasteiger partial charge in [0.25, 0.3) is 0 Å². The molecule has 0 fully saturated rings. The van der Waals surface area contributed by atoms with Crippen LogP contribution in [0.2, 0.25) is 0 Å². The number of nitrogens with one attached hydrogen (secondary N) is 1. The van der Waals surface area contributed by atoms with Gasteiger partial charge in [0.15, 0.2) is 17.5 Å². The van der Waals surface area contributed by atoms with Gasteiger partial charge in [-0.1, -0.05) is 0 Å². The summed E-state index contributed by atoms with van der Waals surface area (Å²) in [7, 11) is 0. The van der Waals surface area contributed by atoms with Crippen LogP contribution in [-0.4, -0.2) is 15.0 Å². The lowest BCUT2D eigenvalue weighted by atomic mass is 10.2. The summed E-state index contributed by atoms with van der Waals surface area (Å²) in [6.07, 6.45) is 1.67. The Morgan fingerprint density at radius 2 is 2.21 bits per heavy atom. The van der Waals surface area contributed by atoms with E-state index < -0.39 is 5.82 Å². The minimum Gasteiger partial charge on any atom is -0.306 e. The standard InChI is InChI=1S/C12H10FN5S/c1-6-10(13)12(18-14)17-11(16-6)7-4-9-8(15-5-7)2-3-19-9/h2-5H,14H2,1H3,(H,16,17,18). The fourth-order valence-electron chi connectivity index (χ4n) is 1.75. The molecule has 3 aromatic heterocycles. The van der Waals surface area contributed by atoms with Gasteiger partial charge in [0.05, 0.1) is 15.9 Å². The molecule has 0 aliphatic heterocycles. The Balaban J connectivity index is 2.17. The highest BCUT2D eigenvalue weighted by molar-refractivity contribution is 7.17. The van der Waals surface area contributed by atoms with Gasteiger partial charge in [0.1, 0.15) is 0 Å². The molecule has 0 aliphatic carbocycles.